The molecule has 0 aromatic heterocycles. The average Bonchev–Trinajstić information content (AvgIpc) is 2.28. The fraction of sp³-hybridized carbons (Fsp3) is 0.500. The molecule has 18 heavy (non-hydrogen) atoms. The van der Waals surface area contributed by atoms with Crippen molar-refractivity contribution in [1.29, 1.82) is 0 Å². The molecule has 2 rings (SSSR count). The van der Waals surface area contributed by atoms with Crippen LogP contribution in [0.15, 0.2) is 29.8 Å². The van der Waals surface area contributed by atoms with Gasteiger partial charge in [-0.25, -0.2) is 0 Å². The smallest absolute Gasteiger partial charge is 0.123 e. The van der Waals surface area contributed by atoms with Crippen molar-refractivity contribution in [2.45, 2.75) is 39.5 Å². The minimum absolute atomic E-state index is 0.125. The lowest BCUT2D eigenvalue weighted by molar-refractivity contribution is 0.304. The third-order valence-electron chi connectivity index (χ3n) is 4.05. The Morgan fingerprint density at radius 2 is 1.78 bits per heavy atom. The summed E-state index contributed by atoms with van der Waals surface area (Å²) >= 11 is 0. The minimum atomic E-state index is 0.125. The quantitative estimate of drug-likeness (QED) is 0.768. The number of phenols is 2. The lowest BCUT2D eigenvalue weighted by Gasteiger charge is -2.33. The van der Waals surface area contributed by atoms with E-state index in [1.54, 1.807) is 18.2 Å². The van der Waals surface area contributed by atoms with E-state index in [1.807, 2.05) is 0 Å². The van der Waals surface area contributed by atoms with Gasteiger partial charge in [-0.15, -0.1) is 0 Å². The van der Waals surface area contributed by atoms with Gasteiger partial charge in [0.1, 0.15) is 11.5 Å². The summed E-state index contributed by atoms with van der Waals surface area (Å²) in [5.41, 5.74) is 2.04. The van der Waals surface area contributed by atoms with E-state index in [-0.39, 0.29) is 17.4 Å². The third-order valence-corrected chi connectivity index (χ3v) is 4.05. The van der Waals surface area contributed by atoms with Crippen molar-refractivity contribution in [3.63, 3.8) is 0 Å². The summed E-state index contributed by atoms with van der Waals surface area (Å²) in [6.45, 7) is 6.55. The highest BCUT2D eigenvalue weighted by atomic mass is 16.3. The first kappa shape index (κ1) is 13.0. The second-order valence-electron chi connectivity index (χ2n) is 5.70. The maximum atomic E-state index is 10.0. The zero-order valence-electron chi connectivity index (χ0n) is 11.4. The topological polar surface area (TPSA) is 40.5 Å². The molecule has 98 valence electrons. The fourth-order valence-electron chi connectivity index (χ4n) is 3.02. The molecule has 0 amide bonds. The number of phenolic OH excluding ortho intramolecular Hbond substituents is 2. The van der Waals surface area contributed by atoms with E-state index in [0.29, 0.717) is 17.4 Å². The molecular weight excluding hydrogens is 224 g/mol. The van der Waals surface area contributed by atoms with E-state index in [9.17, 15) is 10.2 Å². The van der Waals surface area contributed by atoms with Crippen molar-refractivity contribution >= 4 is 0 Å². The summed E-state index contributed by atoms with van der Waals surface area (Å²) in [5.74, 6) is 1.56. The van der Waals surface area contributed by atoms with Crippen LogP contribution < -0.4 is 0 Å². The van der Waals surface area contributed by atoms with Crippen LogP contribution in [0.25, 0.3) is 0 Å². The lowest BCUT2D eigenvalue weighted by atomic mass is 9.72. The standard InChI is InChI=1S/C16H22O2/c1-10(2)12-8-7-11(3)9-13(12)16-14(17)5-4-6-15(16)18/h4-6,9-10,12-13,17-18H,7-8H2,1-3H3. The van der Waals surface area contributed by atoms with Crippen molar-refractivity contribution in [1.82, 2.24) is 0 Å². The molecule has 0 aliphatic heterocycles. The summed E-state index contributed by atoms with van der Waals surface area (Å²) in [7, 11) is 0. The summed E-state index contributed by atoms with van der Waals surface area (Å²) in [6, 6.07) is 4.99. The monoisotopic (exact) mass is 246 g/mol. The largest absolute Gasteiger partial charge is 0.508 e. The lowest BCUT2D eigenvalue weighted by Crippen LogP contribution is -2.21. The Balaban J connectivity index is 2.48. The number of rotatable bonds is 2. The molecule has 0 bridgehead atoms. The van der Waals surface area contributed by atoms with E-state index < -0.39 is 0 Å². The predicted octanol–water partition coefficient (Wildman–Crippen LogP) is 4.19. The molecule has 1 aromatic carbocycles. The molecule has 2 unspecified atom stereocenters. The van der Waals surface area contributed by atoms with Crippen LogP contribution in [0.3, 0.4) is 0 Å². The number of allylic oxidation sites excluding steroid dienone is 2. The maximum absolute atomic E-state index is 10.0. The number of hydrogen-bond acceptors (Lipinski definition) is 2. The molecule has 0 spiro atoms. The molecule has 2 atom stereocenters. The number of aromatic hydroxyl groups is 2. The second-order valence-corrected chi connectivity index (χ2v) is 5.70. The molecule has 2 nitrogen and oxygen atoms in total. The highest BCUT2D eigenvalue weighted by molar-refractivity contribution is 5.48. The van der Waals surface area contributed by atoms with Gasteiger partial charge in [0.15, 0.2) is 0 Å². The molecular formula is C16H22O2. The van der Waals surface area contributed by atoms with Gasteiger partial charge in [-0.2, -0.15) is 0 Å². The second kappa shape index (κ2) is 5.05. The van der Waals surface area contributed by atoms with E-state index >= 15 is 0 Å². The molecule has 0 fully saturated rings. The molecule has 0 heterocycles. The Kier molecular flexibility index (Phi) is 3.65. The van der Waals surface area contributed by atoms with Gasteiger partial charge in [0.05, 0.1) is 0 Å². The molecule has 0 saturated heterocycles. The van der Waals surface area contributed by atoms with Crippen molar-refractivity contribution in [3.8, 4) is 11.5 Å². The fourth-order valence-corrected chi connectivity index (χ4v) is 3.02. The minimum Gasteiger partial charge on any atom is -0.508 e. The van der Waals surface area contributed by atoms with Gasteiger partial charge in [-0.1, -0.05) is 31.6 Å². The van der Waals surface area contributed by atoms with Crippen LogP contribution in [0.1, 0.15) is 45.1 Å². The summed E-state index contributed by atoms with van der Waals surface area (Å²) in [6.07, 6.45) is 4.45. The van der Waals surface area contributed by atoms with Crippen LogP contribution in [0.5, 0.6) is 11.5 Å². The van der Waals surface area contributed by atoms with Gasteiger partial charge in [-0.05, 0) is 43.7 Å². The SMILES string of the molecule is CC1=CC(c2c(O)cccc2O)C(C(C)C)CC1. The van der Waals surface area contributed by atoms with Crippen LogP contribution in [0.2, 0.25) is 0 Å². The van der Waals surface area contributed by atoms with E-state index in [4.69, 9.17) is 0 Å². The van der Waals surface area contributed by atoms with Crippen LogP contribution in [0, 0.1) is 11.8 Å². The number of benzene rings is 1. The van der Waals surface area contributed by atoms with E-state index in [0.717, 1.165) is 12.8 Å². The van der Waals surface area contributed by atoms with Crippen molar-refractivity contribution in [2.24, 2.45) is 11.8 Å². The Bertz CT molecular complexity index is 440. The Labute approximate surface area is 109 Å². The molecule has 2 N–H and O–H groups in total. The maximum Gasteiger partial charge on any atom is 0.123 e. The first-order valence-electron chi connectivity index (χ1n) is 6.69. The normalized spacial score (nSPS) is 24.1. The van der Waals surface area contributed by atoms with E-state index in [1.165, 1.54) is 5.57 Å². The zero-order valence-corrected chi connectivity index (χ0v) is 11.4. The molecule has 1 aromatic rings. The van der Waals surface area contributed by atoms with Gasteiger partial charge in [0, 0.05) is 11.5 Å². The van der Waals surface area contributed by atoms with Crippen molar-refractivity contribution < 1.29 is 10.2 Å². The van der Waals surface area contributed by atoms with Gasteiger partial charge in [0.2, 0.25) is 0 Å². The molecule has 1 aliphatic carbocycles. The summed E-state index contributed by atoms with van der Waals surface area (Å²) < 4.78 is 0. The molecule has 0 saturated carbocycles. The van der Waals surface area contributed by atoms with Gasteiger partial charge >= 0.3 is 0 Å². The van der Waals surface area contributed by atoms with Crippen LogP contribution in [-0.2, 0) is 0 Å². The Hall–Kier alpha value is -1.44. The van der Waals surface area contributed by atoms with Crippen LogP contribution in [-0.4, -0.2) is 10.2 Å². The Morgan fingerprint density at radius 1 is 1.17 bits per heavy atom. The average molecular weight is 246 g/mol. The van der Waals surface area contributed by atoms with Gasteiger partial charge < -0.3 is 10.2 Å². The molecule has 0 radical (unpaired) electrons. The van der Waals surface area contributed by atoms with Gasteiger partial charge in [-0.3, -0.25) is 0 Å². The molecule has 2 heteroatoms. The van der Waals surface area contributed by atoms with Crippen LogP contribution in [0.4, 0.5) is 0 Å². The zero-order chi connectivity index (χ0) is 13.3. The first-order valence-corrected chi connectivity index (χ1v) is 6.69. The Morgan fingerprint density at radius 3 is 2.33 bits per heavy atom. The van der Waals surface area contributed by atoms with E-state index in [2.05, 4.69) is 26.8 Å². The highest BCUT2D eigenvalue weighted by Gasteiger charge is 2.30. The van der Waals surface area contributed by atoms with Gasteiger partial charge in [0.25, 0.3) is 0 Å². The highest BCUT2D eigenvalue weighted by Crippen LogP contribution is 2.46. The summed E-state index contributed by atoms with van der Waals surface area (Å²) in [4.78, 5) is 0. The third kappa shape index (κ3) is 2.38. The summed E-state index contributed by atoms with van der Waals surface area (Å²) in [5, 5.41) is 20.1. The predicted molar refractivity (Wildman–Crippen MR) is 73.8 cm³/mol. The van der Waals surface area contributed by atoms with Crippen molar-refractivity contribution in [2.75, 3.05) is 0 Å². The van der Waals surface area contributed by atoms with Crippen molar-refractivity contribution in [3.05, 3.63) is 35.4 Å². The molecule has 1 aliphatic rings. The first-order chi connectivity index (χ1) is 8.50. The van der Waals surface area contributed by atoms with Crippen LogP contribution >= 0.6 is 0 Å². The number of hydrogen-bond donors (Lipinski definition) is 2.